The lowest BCUT2D eigenvalue weighted by Gasteiger charge is -2.06. The lowest BCUT2D eigenvalue weighted by Crippen LogP contribution is -2.36. The molecule has 0 radical (unpaired) electrons. The number of primary amides is 1. The van der Waals surface area contributed by atoms with Gasteiger partial charge in [0, 0.05) is 34.7 Å². The quantitative estimate of drug-likeness (QED) is 0.526. The number of rotatable bonds is 6. The van der Waals surface area contributed by atoms with Crippen molar-refractivity contribution in [2.45, 2.75) is 13.3 Å². The Hall–Kier alpha value is -3.59. The maximum absolute atomic E-state index is 13.1. The van der Waals surface area contributed by atoms with Crippen LogP contribution in [0.2, 0.25) is 0 Å². The van der Waals surface area contributed by atoms with Crippen LogP contribution in [-0.4, -0.2) is 29.3 Å². The molecule has 0 saturated carbocycles. The van der Waals surface area contributed by atoms with Gasteiger partial charge in [0.05, 0.1) is 5.69 Å². The second-order valence-electron chi connectivity index (χ2n) is 6.44. The summed E-state index contributed by atoms with van der Waals surface area (Å²) in [6.07, 6.45) is 0.511. The van der Waals surface area contributed by atoms with E-state index in [0.29, 0.717) is 17.7 Å². The Labute approximate surface area is 176 Å². The van der Waals surface area contributed by atoms with Crippen molar-refractivity contribution < 1.29 is 18.8 Å². The summed E-state index contributed by atoms with van der Waals surface area (Å²) < 4.78 is 13.1. The van der Waals surface area contributed by atoms with Crippen molar-refractivity contribution in [3.63, 3.8) is 0 Å². The molecule has 0 atom stereocenters. The summed E-state index contributed by atoms with van der Waals surface area (Å²) in [5, 5.41) is 5.79. The number of aryl methyl sites for hydroxylation is 1. The molecule has 3 aromatic rings. The number of benzene rings is 2. The zero-order chi connectivity index (χ0) is 21.7. The van der Waals surface area contributed by atoms with Gasteiger partial charge < -0.3 is 16.4 Å². The van der Waals surface area contributed by atoms with Crippen molar-refractivity contribution in [1.29, 1.82) is 0 Å². The van der Waals surface area contributed by atoms with Crippen LogP contribution >= 0.6 is 11.3 Å². The van der Waals surface area contributed by atoms with Crippen molar-refractivity contribution >= 4 is 34.7 Å². The third-order valence-electron chi connectivity index (χ3n) is 4.25. The first-order valence-corrected chi connectivity index (χ1v) is 9.86. The molecule has 0 aliphatic heterocycles. The van der Waals surface area contributed by atoms with Crippen molar-refractivity contribution in [3.05, 3.63) is 70.5 Å². The van der Waals surface area contributed by atoms with Crippen LogP contribution in [0.15, 0.2) is 48.5 Å². The van der Waals surface area contributed by atoms with Gasteiger partial charge in [-0.1, -0.05) is 0 Å². The van der Waals surface area contributed by atoms with Crippen LogP contribution in [0.4, 0.5) is 10.1 Å². The summed E-state index contributed by atoms with van der Waals surface area (Å²) in [7, 11) is 0. The van der Waals surface area contributed by atoms with E-state index in [-0.39, 0.29) is 12.4 Å². The van der Waals surface area contributed by atoms with Crippen LogP contribution in [0.25, 0.3) is 10.6 Å². The highest BCUT2D eigenvalue weighted by molar-refractivity contribution is 7.15. The summed E-state index contributed by atoms with van der Waals surface area (Å²) in [5.41, 5.74) is 7.49. The van der Waals surface area contributed by atoms with E-state index in [1.807, 2.05) is 6.92 Å². The van der Waals surface area contributed by atoms with Gasteiger partial charge in [0.15, 0.2) is 0 Å². The van der Waals surface area contributed by atoms with Crippen molar-refractivity contribution in [2.75, 3.05) is 11.9 Å². The topological polar surface area (TPSA) is 114 Å². The molecule has 154 valence electrons. The lowest BCUT2D eigenvalue weighted by molar-refractivity contribution is -0.136. The fourth-order valence-corrected chi connectivity index (χ4v) is 3.72. The van der Waals surface area contributed by atoms with Crippen LogP contribution in [0.5, 0.6) is 0 Å². The Bertz CT molecular complexity index is 1080. The number of aromatic nitrogens is 1. The number of carbonyl (C=O) groups is 3. The molecule has 2 aromatic carbocycles. The molecular formula is C21H19FN4O3S. The normalized spacial score (nSPS) is 10.5. The fourth-order valence-electron chi connectivity index (χ4n) is 2.65. The summed E-state index contributed by atoms with van der Waals surface area (Å²) in [6, 6.07) is 12.0. The van der Waals surface area contributed by atoms with Crippen molar-refractivity contribution in [3.8, 4) is 10.6 Å². The number of thiazole rings is 1. The minimum atomic E-state index is -0.810. The van der Waals surface area contributed by atoms with Gasteiger partial charge in [-0.05, 0) is 55.5 Å². The average Bonchev–Trinajstić information content (AvgIpc) is 3.09. The Morgan fingerprint density at radius 1 is 1.03 bits per heavy atom. The molecule has 0 unspecified atom stereocenters. The molecule has 0 fully saturated rings. The van der Waals surface area contributed by atoms with E-state index in [9.17, 15) is 18.8 Å². The number of hydrogen-bond acceptors (Lipinski definition) is 5. The predicted molar refractivity (Wildman–Crippen MR) is 113 cm³/mol. The smallest absolute Gasteiger partial charge is 0.313 e. The molecule has 3 amide bonds. The fraction of sp³-hybridized carbons (Fsp3) is 0.143. The molecule has 1 aromatic heterocycles. The zero-order valence-electron chi connectivity index (χ0n) is 16.1. The molecule has 9 heteroatoms. The minimum Gasteiger partial charge on any atom is -0.366 e. The highest BCUT2D eigenvalue weighted by Gasteiger charge is 2.15. The minimum absolute atomic E-state index is 0.263. The Balaban J connectivity index is 1.52. The van der Waals surface area contributed by atoms with Crippen molar-refractivity contribution in [1.82, 2.24) is 10.3 Å². The van der Waals surface area contributed by atoms with Gasteiger partial charge >= 0.3 is 11.8 Å². The number of anilines is 1. The molecule has 0 saturated heterocycles. The molecule has 0 aliphatic rings. The molecule has 0 spiro atoms. The number of nitrogens with two attached hydrogens (primary N) is 1. The average molecular weight is 426 g/mol. The lowest BCUT2D eigenvalue weighted by atomic mass is 10.2. The first-order valence-electron chi connectivity index (χ1n) is 9.05. The molecule has 7 nitrogen and oxygen atoms in total. The van der Waals surface area contributed by atoms with Gasteiger partial charge in [-0.3, -0.25) is 14.4 Å². The Morgan fingerprint density at radius 2 is 1.70 bits per heavy atom. The van der Waals surface area contributed by atoms with Crippen LogP contribution in [0, 0.1) is 12.7 Å². The summed E-state index contributed by atoms with van der Waals surface area (Å²) in [5.74, 6) is -2.46. The van der Waals surface area contributed by atoms with E-state index in [4.69, 9.17) is 5.73 Å². The van der Waals surface area contributed by atoms with E-state index in [1.165, 1.54) is 47.7 Å². The summed E-state index contributed by atoms with van der Waals surface area (Å²) in [6.45, 7) is 2.13. The molecule has 3 rings (SSSR count). The maximum atomic E-state index is 13.1. The number of nitrogens with one attached hydrogen (secondary N) is 2. The van der Waals surface area contributed by atoms with E-state index >= 15 is 0 Å². The second kappa shape index (κ2) is 9.27. The maximum Gasteiger partial charge on any atom is 0.313 e. The van der Waals surface area contributed by atoms with Crippen LogP contribution in [-0.2, 0) is 16.0 Å². The molecule has 4 N–H and O–H groups in total. The summed E-state index contributed by atoms with van der Waals surface area (Å²) in [4.78, 5) is 40.5. The first-order chi connectivity index (χ1) is 14.3. The number of nitrogens with zero attached hydrogens (tertiary/aromatic N) is 1. The third kappa shape index (κ3) is 5.26. The SMILES string of the molecule is Cc1nc(-c2ccc(F)cc2)sc1CCNC(=O)C(=O)Nc1ccc(C(N)=O)cc1. The molecule has 0 aliphatic carbocycles. The van der Waals surface area contributed by atoms with E-state index in [0.717, 1.165) is 21.1 Å². The third-order valence-corrected chi connectivity index (χ3v) is 5.52. The van der Waals surface area contributed by atoms with Crippen LogP contribution < -0.4 is 16.4 Å². The largest absolute Gasteiger partial charge is 0.366 e. The Kier molecular flexibility index (Phi) is 6.53. The van der Waals surface area contributed by atoms with Crippen LogP contribution in [0.1, 0.15) is 20.9 Å². The summed E-state index contributed by atoms with van der Waals surface area (Å²) >= 11 is 1.46. The van der Waals surface area contributed by atoms with E-state index < -0.39 is 17.7 Å². The van der Waals surface area contributed by atoms with Gasteiger partial charge in [0.2, 0.25) is 5.91 Å². The van der Waals surface area contributed by atoms with Crippen LogP contribution in [0.3, 0.4) is 0 Å². The highest BCUT2D eigenvalue weighted by atomic mass is 32.1. The Morgan fingerprint density at radius 3 is 2.33 bits per heavy atom. The first kappa shape index (κ1) is 21.1. The molecule has 30 heavy (non-hydrogen) atoms. The standard InChI is InChI=1S/C21H19FN4O3S/c1-12-17(30-21(25-12)14-2-6-15(22)7-3-14)10-11-24-19(28)20(29)26-16-8-4-13(5-9-16)18(23)27/h2-9H,10-11H2,1H3,(H2,23,27)(H,24,28)(H,26,29). The van der Waals surface area contributed by atoms with E-state index in [2.05, 4.69) is 15.6 Å². The van der Waals surface area contributed by atoms with Crippen molar-refractivity contribution in [2.24, 2.45) is 5.73 Å². The number of amides is 3. The zero-order valence-corrected chi connectivity index (χ0v) is 16.9. The number of carbonyl (C=O) groups excluding carboxylic acids is 3. The molecule has 0 bridgehead atoms. The van der Waals surface area contributed by atoms with Gasteiger partial charge in [-0.2, -0.15) is 0 Å². The monoisotopic (exact) mass is 426 g/mol. The molecule has 1 heterocycles. The highest BCUT2D eigenvalue weighted by Crippen LogP contribution is 2.28. The van der Waals surface area contributed by atoms with Gasteiger partial charge in [0.25, 0.3) is 0 Å². The van der Waals surface area contributed by atoms with Gasteiger partial charge in [-0.15, -0.1) is 11.3 Å². The number of hydrogen-bond donors (Lipinski definition) is 3. The predicted octanol–water partition coefficient (Wildman–Crippen LogP) is 2.65. The van der Waals surface area contributed by atoms with E-state index in [1.54, 1.807) is 12.1 Å². The second-order valence-corrected chi connectivity index (χ2v) is 7.52. The van der Waals surface area contributed by atoms with Gasteiger partial charge in [-0.25, -0.2) is 9.37 Å². The molecular weight excluding hydrogens is 407 g/mol. The van der Waals surface area contributed by atoms with Gasteiger partial charge in [0.1, 0.15) is 10.8 Å². The number of halogens is 1.